The predicted molar refractivity (Wildman–Crippen MR) is 79.7 cm³/mol. The van der Waals surface area contributed by atoms with Gasteiger partial charge in [-0.2, -0.15) is 5.10 Å². The quantitative estimate of drug-likeness (QED) is 0.769. The van der Waals surface area contributed by atoms with Gasteiger partial charge in [-0.15, -0.1) is 0 Å². The zero-order valence-electron chi connectivity index (χ0n) is 10.6. The molecule has 0 radical (unpaired) electrons. The maximum absolute atomic E-state index is 6.02. The lowest BCUT2D eigenvalue weighted by molar-refractivity contribution is 0.836. The fraction of sp³-hybridized carbons (Fsp3) is 0.0667. The number of nitrogens with one attached hydrogen (secondary N) is 2. The lowest BCUT2D eigenvalue weighted by Gasteiger charge is -2.18. The first-order valence-corrected chi connectivity index (χ1v) is 6.63. The van der Waals surface area contributed by atoms with Gasteiger partial charge in [0.2, 0.25) is 0 Å². The number of benzene rings is 2. The number of hydrogen-bond donors (Lipinski definition) is 2. The molecule has 1 aromatic heterocycles. The molecule has 1 atom stereocenters. The van der Waals surface area contributed by atoms with Gasteiger partial charge in [-0.3, -0.25) is 5.10 Å². The number of H-pyrrole nitrogens is 1. The van der Waals surface area contributed by atoms with Crippen LogP contribution >= 0.6 is 11.6 Å². The van der Waals surface area contributed by atoms with Crippen LogP contribution in [-0.2, 0) is 0 Å². The lowest BCUT2D eigenvalue weighted by Crippen LogP contribution is -2.14. The highest BCUT2D eigenvalue weighted by molar-refractivity contribution is 6.30. The molecule has 100 valence electrons. The Labute approximate surface area is 121 Å². The molecular weight excluding hydrogens is 272 g/mol. The van der Waals surface area contributed by atoms with Crippen LogP contribution in [0.4, 0.5) is 5.69 Å². The molecule has 0 spiro atoms. The van der Waals surface area contributed by atoms with Crippen molar-refractivity contribution in [3.05, 3.63) is 77.3 Å². The van der Waals surface area contributed by atoms with Gasteiger partial charge in [0.1, 0.15) is 12.4 Å². The van der Waals surface area contributed by atoms with E-state index in [1.54, 1.807) is 0 Å². The van der Waals surface area contributed by atoms with Gasteiger partial charge in [-0.05, 0) is 23.8 Å². The zero-order chi connectivity index (χ0) is 13.8. The average molecular weight is 285 g/mol. The Bertz CT molecular complexity index is 667. The largest absolute Gasteiger partial charge is 0.371 e. The van der Waals surface area contributed by atoms with Gasteiger partial charge in [0, 0.05) is 10.7 Å². The summed E-state index contributed by atoms with van der Waals surface area (Å²) < 4.78 is 0. The number of halogens is 1. The van der Waals surface area contributed by atoms with Crippen molar-refractivity contribution in [2.24, 2.45) is 0 Å². The molecule has 5 heteroatoms. The van der Waals surface area contributed by atoms with Crippen molar-refractivity contribution in [3.8, 4) is 0 Å². The minimum atomic E-state index is -0.0998. The molecule has 3 rings (SSSR count). The Balaban J connectivity index is 1.95. The van der Waals surface area contributed by atoms with Crippen LogP contribution in [0.2, 0.25) is 5.02 Å². The third-order valence-electron chi connectivity index (χ3n) is 2.98. The molecule has 0 fully saturated rings. The molecule has 0 aliphatic rings. The van der Waals surface area contributed by atoms with E-state index in [-0.39, 0.29) is 6.04 Å². The second kappa shape index (κ2) is 5.75. The molecule has 0 aliphatic heterocycles. The van der Waals surface area contributed by atoms with Crippen LogP contribution in [0.15, 0.2) is 60.9 Å². The molecule has 0 aliphatic carbocycles. The second-order valence-electron chi connectivity index (χ2n) is 4.37. The van der Waals surface area contributed by atoms with Gasteiger partial charge in [0.15, 0.2) is 5.82 Å². The van der Waals surface area contributed by atoms with Gasteiger partial charge >= 0.3 is 0 Å². The van der Waals surface area contributed by atoms with E-state index in [9.17, 15) is 0 Å². The lowest BCUT2D eigenvalue weighted by atomic mass is 10.1. The summed E-state index contributed by atoms with van der Waals surface area (Å²) in [7, 11) is 0. The van der Waals surface area contributed by atoms with Crippen molar-refractivity contribution in [2.75, 3.05) is 5.32 Å². The van der Waals surface area contributed by atoms with E-state index in [1.165, 1.54) is 6.33 Å². The van der Waals surface area contributed by atoms with Gasteiger partial charge in [0.05, 0.1) is 0 Å². The Hall–Kier alpha value is -2.33. The van der Waals surface area contributed by atoms with Crippen molar-refractivity contribution in [1.82, 2.24) is 15.2 Å². The number of aromatic amines is 1. The summed E-state index contributed by atoms with van der Waals surface area (Å²) >= 11 is 6.02. The van der Waals surface area contributed by atoms with Crippen LogP contribution in [0, 0.1) is 0 Å². The second-order valence-corrected chi connectivity index (χ2v) is 4.81. The predicted octanol–water partition coefficient (Wildman–Crippen LogP) is 3.66. The van der Waals surface area contributed by atoms with Crippen molar-refractivity contribution in [3.63, 3.8) is 0 Å². The van der Waals surface area contributed by atoms with E-state index >= 15 is 0 Å². The molecule has 2 N–H and O–H groups in total. The molecule has 0 bridgehead atoms. The van der Waals surface area contributed by atoms with Gasteiger partial charge in [-0.25, -0.2) is 4.98 Å². The van der Waals surface area contributed by atoms with Crippen molar-refractivity contribution in [1.29, 1.82) is 0 Å². The molecule has 0 saturated heterocycles. The van der Waals surface area contributed by atoms with Crippen LogP contribution in [0.5, 0.6) is 0 Å². The van der Waals surface area contributed by atoms with E-state index in [0.717, 1.165) is 17.1 Å². The monoisotopic (exact) mass is 284 g/mol. The molecule has 4 nitrogen and oxygen atoms in total. The molecule has 0 saturated carbocycles. The molecule has 1 heterocycles. The minimum absolute atomic E-state index is 0.0998. The van der Waals surface area contributed by atoms with Crippen molar-refractivity contribution >= 4 is 17.3 Å². The molecule has 1 unspecified atom stereocenters. The maximum atomic E-state index is 6.02. The number of anilines is 1. The molecular formula is C15H13ClN4. The number of aromatic nitrogens is 3. The first-order valence-electron chi connectivity index (χ1n) is 6.25. The summed E-state index contributed by atoms with van der Waals surface area (Å²) in [5.74, 6) is 0.760. The first kappa shape index (κ1) is 12.7. The fourth-order valence-electron chi connectivity index (χ4n) is 2.05. The van der Waals surface area contributed by atoms with E-state index in [1.807, 2.05) is 54.6 Å². The topological polar surface area (TPSA) is 53.6 Å². The summed E-state index contributed by atoms with van der Waals surface area (Å²) in [4.78, 5) is 4.25. The zero-order valence-corrected chi connectivity index (χ0v) is 11.4. The third-order valence-corrected chi connectivity index (χ3v) is 3.21. The minimum Gasteiger partial charge on any atom is -0.371 e. The summed E-state index contributed by atoms with van der Waals surface area (Å²) in [5.41, 5.74) is 2.03. The summed E-state index contributed by atoms with van der Waals surface area (Å²) in [5, 5.41) is 11.0. The third kappa shape index (κ3) is 2.81. The van der Waals surface area contributed by atoms with E-state index in [4.69, 9.17) is 11.6 Å². The Morgan fingerprint density at radius 3 is 2.60 bits per heavy atom. The maximum Gasteiger partial charge on any atom is 0.151 e. The normalized spacial score (nSPS) is 12.1. The molecule has 3 aromatic rings. The standard InChI is InChI=1S/C15H13ClN4/c16-12-7-4-8-13(9-12)19-14(15-17-10-18-20-15)11-5-2-1-3-6-11/h1-10,14,19H,(H,17,18,20). The highest BCUT2D eigenvalue weighted by atomic mass is 35.5. The Morgan fingerprint density at radius 1 is 1.05 bits per heavy atom. The van der Waals surface area contributed by atoms with Crippen LogP contribution in [0.1, 0.15) is 17.4 Å². The number of hydrogen-bond acceptors (Lipinski definition) is 3. The van der Waals surface area contributed by atoms with Gasteiger partial charge in [0.25, 0.3) is 0 Å². The van der Waals surface area contributed by atoms with Gasteiger partial charge in [-0.1, -0.05) is 48.0 Å². The first-order chi connectivity index (χ1) is 9.83. The average Bonchev–Trinajstić information content (AvgIpc) is 3.00. The van der Waals surface area contributed by atoms with Crippen LogP contribution in [0.25, 0.3) is 0 Å². The smallest absolute Gasteiger partial charge is 0.151 e. The number of nitrogens with zero attached hydrogens (tertiary/aromatic N) is 2. The van der Waals surface area contributed by atoms with E-state index in [2.05, 4.69) is 20.5 Å². The van der Waals surface area contributed by atoms with E-state index in [0.29, 0.717) is 5.02 Å². The van der Waals surface area contributed by atoms with Crippen LogP contribution in [-0.4, -0.2) is 15.2 Å². The highest BCUT2D eigenvalue weighted by Crippen LogP contribution is 2.25. The summed E-state index contributed by atoms with van der Waals surface area (Å²) in [6.45, 7) is 0. The summed E-state index contributed by atoms with van der Waals surface area (Å²) in [6.07, 6.45) is 1.50. The van der Waals surface area contributed by atoms with Crippen molar-refractivity contribution < 1.29 is 0 Å². The SMILES string of the molecule is Clc1cccc(NC(c2ccccc2)c2ncn[nH]2)c1. The molecule has 2 aromatic carbocycles. The van der Waals surface area contributed by atoms with Crippen LogP contribution in [0.3, 0.4) is 0 Å². The Kier molecular flexibility index (Phi) is 3.65. The van der Waals surface area contributed by atoms with Gasteiger partial charge < -0.3 is 5.32 Å². The number of rotatable bonds is 4. The summed E-state index contributed by atoms with van der Waals surface area (Å²) in [6, 6.07) is 17.6. The molecule has 20 heavy (non-hydrogen) atoms. The van der Waals surface area contributed by atoms with Crippen LogP contribution < -0.4 is 5.32 Å². The van der Waals surface area contributed by atoms with Crippen molar-refractivity contribution in [2.45, 2.75) is 6.04 Å². The molecule has 0 amide bonds. The Morgan fingerprint density at radius 2 is 1.90 bits per heavy atom. The van der Waals surface area contributed by atoms with E-state index < -0.39 is 0 Å². The fourth-order valence-corrected chi connectivity index (χ4v) is 2.24. The highest BCUT2D eigenvalue weighted by Gasteiger charge is 2.16.